The van der Waals surface area contributed by atoms with Crippen molar-refractivity contribution < 1.29 is 9.31 Å². The maximum absolute atomic E-state index is 14.1. The summed E-state index contributed by atoms with van der Waals surface area (Å²) >= 11 is 1.66. The van der Waals surface area contributed by atoms with Gasteiger partial charge in [-0.15, -0.1) is 11.3 Å². The molecule has 6 heteroatoms. The second-order valence-electron chi connectivity index (χ2n) is 4.76. The van der Waals surface area contributed by atoms with Gasteiger partial charge < -0.3 is 4.90 Å². The van der Waals surface area contributed by atoms with E-state index >= 15 is 0 Å². The van der Waals surface area contributed by atoms with Gasteiger partial charge in [-0.2, -0.15) is 0 Å². The van der Waals surface area contributed by atoms with E-state index in [1.165, 1.54) is 17.0 Å². The molecule has 0 amide bonds. The Bertz CT molecular complexity index is 630. The van der Waals surface area contributed by atoms with E-state index in [2.05, 4.69) is 6.07 Å². The lowest BCUT2D eigenvalue weighted by Gasteiger charge is -2.26. The second-order valence-corrected chi connectivity index (χ2v) is 5.74. The molecule has 1 fully saturated rings. The Kier molecular flexibility index (Phi) is 3.40. The maximum Gasteiger partial charge on any atom is 0.272 e. The molecule has 1 aliphatic rings. The van der Waals surface area contributed by atoms with Crippen LogP contribution in [0, 0.1) is 15.9 Å². The van der Waals surface area contributed by atoms with Crippen LogP contribution in [0.1, 0.15) is 23.8 Å². The second kappa shape index (κ2) is 5.20. The molecule has 1 saturated heterocycles. The summed E-state index contributed by atoms with van der Waals surface area (Å²) in [7, 11) is 0. The first kappa shape index (κ1) is 13.1. The highest BCUT2D eigenvalue weighted by Crippen LogP contribution is 2.39. The predicted molar refractivity (Wildman–Crippen MR) is 76.7 cm³/mol. The summed E-state index contributed by atoms with van der Waals surface area (Å²) in [6.07, 6.45) is 1.98. The van der Waals surface area contributed by atoms with Crippen LogP contribution in [0.4, 0.5) is 15.8 Å². The van der Waals surface area contributed by atoms with Gasteiger partial charge in [-0.25, -0.2) is 4.39 Å². The van der Waals surface area contributed by atoms with Crippen LogP contribution in [-0.4, -0.2) is 11.5 Å². The number of non-ortho nitro benzene ring substituents is 1. The number of benzene rings is 1. The molecular weight excluding hydrogens is 279 g/mol. The summed E-state index contributed by atoms with van der Waals surface area (Å²) in [6, 6.07) is 8.09. The van der Waals surface area contributed by atoms with Gasteiger partial charge in [0.1, 0.15) is 0 Å². The Morgan fingerprint density at radius 2 is 2.25 bits per heavy atom. The monoisotopic (exact) mass is 292 g/mol. The summed E-state index contributed by atoms with van der Waals surface area (Å²) in [6.45, 7) is 0.775. The zero-order valence-electron chi connectivity index (χ0n) is 10.7. The van der Waals surface area contributed by atoms with E-state index in [1.807, 2.05) is 16.3 Å². The zero-order chi connectivity index (χ0) is 14.1. The average Bonchev–Trinajstić information content (AvgIpc) is 3.09. The van der Waals surface area contributed by atoms with Gasteiger partial charge in [-0.1, -0.05) is 6.07 Å². The number of hydrogen-bond donors (Lipinski definition) is 0. The van der Waals surface area contributed by atoms with Crippen LogP contribution >= 0.6 is 11.3 Å². The number of anilines is 1. The lowest BCUT2D eigenvalue weighted by atomic mass is 10.1. The number of rotatable bonds is 3. The molecule has 1 unspecified atom stereocenters. The minimum atomic E-state index is -0.576. The summed E-state index contributed by atoms with van der Waals surface area (Å²) < 4.78 is 14.1. The first-order chi connectivity index (χ1) is 9.66. The van der Waals surface area contributed by atoms with Gasteiger partial charge >= 0.3 is 0 Å². The van der Waals surface area contributed by atoms with Gasteiger partial charge in [0.05, 0.1) is 22.7 Å². The SMILES string of the molecule is O=[N+]([O-])c1ccc(N2CCCC2c2cccs2)c(F)c1. The summed E-state index contributed by atoms with van der Waals surface area (Å²) in [5, 5.41) is 12.7. The van der Waals surface area contributed by atoms with Crippen molar-refractivity contribution in [1.29, 1.82) is 0 Å². The molecule has 0 aliphatic carbocycles. The van der Waals surface area contributed by atoms with Crippen molar-refractivity contribution in [2.75, 3.05) is 11.4 Å². The molecule has 4 nitrogen and oxygen atoms in total. The molecule has 0 saturated carbocycles. The molecule has 2 aromatic rings. The average molecular weight is 292 g/mol. The van der Waals surface area contributed by atoms with E-state index in [1.54, 1.807) is 11.3 Å². The van der Waals surface area contributed by atoms with Gasteiger partial charge in [-0.3, -0.25) is 10.1 Å². The van der Waals surface area contributed by atoms with E-state index in [0.29, 0.717) is 5.69 Å². The number of thiophene rings is 1. The van der Waals surface area contributed by atoms with Crippen LogP contribution in [0.15, 0.2) is 35.7 Å². The van der Waals surface area contributed by atoms with Crippen LogP contribution in [-0.2, 0) is 0 Å². The number of halogens is 1. The van der Waals surface area contributed by atoms with Crippen molar-refractivity contribution >= 4 is 22.7 Å². The summed E-state index contributed by atoms with van der Waals surface area (Å²) in [5.74, 6) is -0.525. The molecule has 20 heavy (non-hydrogen) atoms. The highest BCUT2D eigenvalue weighted by molar-refractivity contribution is 7.10. The Balaban J connectivity index is 1.94. The highest BCUT2D eigenvalue weighted by atomic mass is 32.1. The van der Waals surface area contributed by atoms with Gasteiger partial charge in [0.15, 0.2) is 5.82 Å². The van der Waals surface area contributed by atoms with Crippen LogP contribution in [0.25, 0.3) is 0 Å². The zero-order valence-corrected chi connectivity index (χ0v) is 11.5. The first-order valence-corrected chi connectivity index (χ1v) is 7.29. The van der Waals surface area contributed by atoms with Gasteiger partial charge in [-0.05, 0) is 30.4 Å². The quantitative estimate of drug-likeness (QED) is 0.631. The Morgan fingerprint density at radius 1 is 1.40 bits per heavy atom. The van der Waals surface area contributed by atoms with Crippen molar-refractivity contribution in [2.45, 2.75) is 18.9 Å². The van der Waals surface area contributed by atoms with Crippen molar-refractivity contribution in [2.24, 2.45) is 0 Å². The Hall–Kier alpha value is -1.95. The lowest BCUT2D eigenvalue weighted by molar-refractivity contribution is -0.385. The first-order valence-electron chi connectivity index (χ1n) is 6.41. The number of hydrogen-bond acceptors (Lipinski definition) is 4. The third-order valence-electron chi connectivity index (χ3n) is 3.58. The molecule has 0 spiro atoms. The molecule has 3 rings (SSSR count). The van der Waals surface area contributed by atoms with E-state index in [9.17, 15) is 14.5 Å². The van der Waals surface area contributed by atoms with Crippen LogP contribution in [0.5, 0.6) is 0 Å². The van der Waals surface area contributed by atoms with E-state index in [4.69, 9.17) is 0 Å². The molecule has 1 aromatic heterocycles. The van der Waals surface area contributed by atoms with Crippen molar-refractivity contribution in [3.05, 3.63) is 56.5 Å². The fraction of sp³-hybridized carbons (Fsp3) is 0.286. The molecule has 1 atom stereocenters. The molecule has 1 aromatic carbocycles. The normalized spacial score (nSPS) is 18.4. The van der Waals surface area contributed by atoms with Crippen LogP contribution in [0.3, 0.4) is 0 Å². The number of nitrogens with zero attached hydrogens (tertiary/aromatic N) is 2. The van der Waals surface area contributed by atoms with E-state index in [-0.39, 0.29) is 11.7 Å². The number of nitro groups is 1. The Labute approximate surface area is 119 Å². The molecule has 104 valence electrons. The summed E-state index contributed by atoms with van der Waals surface area (Å²) in [4.78, 5) is 13.3. The standard InChI is InChI=1S/C14H13FN2O2S/c15-11-9-10(17(18)19)5-6-12(11)16-7-1-3-13(16)14-4-2-8-20-14/h2,4-6,8-9,13H,1,3,7H2. The third-order valence-corrected chi connectivity index (χ3v) is 4.55. The molecule has 0 N–H and O–H groups in total. The van der Waals surface area contributed by atoms with Crippen molar-refractivity contribution in [3.8, 4) is 0 Å². The van der Waals surface area contributed by atoms with Gasteiger partial charge in [0, 0.05) is 17.5 Å². The topological polar surface area (TPSA) is 46.4 Å². The van der Waals surface area contributed by atoms with Crippen molar-refractivity contribution in [3.63, 3.8) is 0 Å². The predicted octanol–water partition coefficient (Wildman–Crippen LogP) is 4.14. The molecule has 0 radical (unpaired) electrons. The smallest absolute Gasteiger partial charge is 0.272 e. The minimum Gasteiger partial charge on any atom is -0.361 e. The molecular formula is C14H13FN2O2S. The molecule has 2 heterocycles. The Morgan fingerprint density at radius 3 is 2.90 bits per heavy atom. The largest absolute Gasteiger partial charge is 0.361 e. The van der Waals surface area contributed by atoms with Crippen molar-refractivity contribution in [1.82, 2.24) is 0 Å². The highest BCUT2D eigenvalue weighted by Gasteiger charge is 2.29. The molecule has 0 bridgehead atoms. The fourth-order valence-corrected chi connectivity index (χ4v) is 3.55. The van der Waals surface area contributed by atoms with Gasteiger partial charge in [0.2, 0.25) is 0 Å². The van der Waals surface area contributed by atoms with Crippen LogP contribution in [0.2, 0.25) is 0 Å². The van der Waals surface area contributed by atoms with Crippen LogP contribution < -0.4 is 4.90 Å². The third kappa shape index (κ3) is 2.27. The minimum absolute atomic E-state index is 0.172. The molecule has 1 aliphatic heterocycles. The lowest BCUT2D eigenvalue weighted by Crippen LogP contribution is -2.22. The van der Waals surface area contributed by atoms with E-state index < -0.39 is 10.7 Å². The summed E-state index contributed by atoms with van der Waals surface area (Å²) in [5.41, 5.74) is 0.240. The maximum atomic E-state index is 14.1. The fourth-order valence-electron chi connectivity index (χ4n) is 2.67. The van der Waals surface area contributed by atoms with E-state index in [0.717, 1.165) is 25.5 Å². The van der Waals surface area contributed by atoms with Gasteiger partial charge in [0.25, 0.3) is 5.69 Å². The number of nitro benzene ring substituents is 1.